The van der Waals surface area contributed by atoms with Crippen LogP contribution in [0.5, 0.6) is 0 Å². The number of imidazole rings is 1. The Morgan fingerprint density at radius 3 is 2.23 bits per heavy atom. The van der Waals surface area contributed by atoms with Gasteiger partial charge in [0.15, 0.2) is 0 Å². The summed E-state index contributed by atoms with van der Waals surface area (Å²) in [5, 5.41) is 5.60. The van der Waals surface area contributed by atoms with Crippen LogP contribution in [0.25, 0.3) is 0 Å². The second kappa shape index (κ2) is 6.01. The largest absolute Gasteiger partial charge is 0.346 e. The lowest BCUT2D eigenvalue weighted by Crippen LogP contribution is -2.62. The minimum atomic E-state index is -0.556. The molecule has 1 aromatic heterocycles. The number of piperazine rings is 1. The zero-order valence-corrected chi connectivity index (χ0v) is 12.3. The van der Waals surface area contributed by atoms with Crippen LogP contribution in [0.15, 0.2) is 36.5 Å². The molecule has 22 heavy (non-hydrogen) atoms. The summed E-state index contributed by atoms with van der Waals surface area (Å²) in [4.78, 5) is 31.6. The lowest BCUT2D eigenvalue weighted by molar-refractivity contribution is -0.136. The standard InChI is InChI=1S/C16H18N4O2/c1-10-17-9-12(18-10)8-14-16(22)19-13(15(21)20-14)7-11-5-3-2-4-6-11/h2-6,9,13-14H,7-8H2,1H3,(H,17,18)(H,19,22)(H,20,21)/t13-,14-/m0/s1. The normalized spacial score (nSPS) is 21.3. The zero-order valence-electron chi connectivity index (χ0n) is 12.3. The van der Waals surface area contributed by atoms with Gasteiger partial charge >= 0.3 is 0 Å². The fraction of sp³-hybridized carbons (Fsp3) is 0.312. The van der Waals surface area contributed by atoms with Gasteiger partial charge in [0.2, 0.25) is 11.8 Å². The summed E-state index contributed by atoms with van der Waals surface area (Å²) in [6.07, 6.45) is 2.59. The molecule has 0 unspecified atom stereocenters. The Labute approximate surface area is 128 Å². The number of benzene rings is 1. The van der Waals surface area contributed by atoms with E-state index in [-0.39, 0.29) is 11.8 Å². The lowest BCUT2D eigenvalue weighted by Gasteiger charge is -2.29. The van der Waals surface area contributed by atoms with Crippen molar-refractivity contribution >= 4 is 11.8 Å². The molecule has 0 spiro atoms. The number of amides is 2. The van der Waals surface area contributed by atoms with Crippen LogP contribution in [0.3, 0.4) is 0 Å². The average Bonchev–Trinajstić information content (AvgIpc) is 2.91. The van der Waals surface area contributed by atoms with Crippen molar-refractivity contribution in [2.24, 2.45) is 0 Å². The molecule has 1 aromatic carbocycles. The fourth-order valence-corrected chi connectivity index (χ4v) is 2.61. The van der Waals surface area contributed by atoms with E-state index in [1.165, 1.54) is 0 Å². The van der Waals surface area contributed by atoms with E-state index in [1.54, 1.807) is 6.20 Å². The molecule has 1 fully saturated rings. The molecule has 6 heteroatoms. The summed E-state index contributed by atoms with van der Waals surface area (Å²) >= 11 is 0. The second-order valence-corrected chi connectivity index (χ2v) is 5.51. The van der Waals surface area contributed by atoms with Gasteiger partial charge in [-0.15, -0.1) is 0 Å². The van der Waals surface area contributed by atoms with E-state index in [0.717, 1.165) is 17.1 Å². The Kier molecular flexibility index (Phi) is 3.91. The Morgan fingerprint density at radius 1 is 1.00 bits per heavy atom. The lowest BCUT2D eigenvalue weighted by atomic mass is 10.0. The van der Waals surface area contributed by atoms with Crippen LogP contribution in [0, 0.1) is 6.92 Å². The van der Waals surface area contributed by atoms with Crippen LogP contribution in [0.2, 0.25) is 0 Å². The molecular weight excluding hydrogens is 280 g/mol. The Bertz CT molecular complexity index is 680. The van der Waals surface area contributed by atoms with Gasteiger partial charge in [0.25, 0.3) is 0 Å². The van der Waals surface area contributed by atoms with E-state index in [1.807, 2.05) is 37.3 Å². The number of carbonyl (C=O) groups is 2. The van der Waals surface area contributed by atoms with Crippen molar-refractivity contribution in [3.8, 4) is 0 Å². The molecule has 0 bridgehead atoms. The molecule has 114 valence electrons. The Hall–Kier alpha value is -2.63. The molecule has 1 saturated heterocycles. The quantitative estimate of drug-likeness (QED) is 0.767. The van der Waals surface area contributed by atoms with Crippen molar-refractivity contribution < 1.29 is 9.59 Å². The number of carbonyl (C=O) groups excluding carboxylic acids is 2. The van der Waals surface area contributed by atoms with Gasteiger partial charge in [0, 0.05) is 24.7 Å². The fourth-order valence-electron chi connectivity index (χ4n) is 2.61. The van der Waals surface area contributed by atoms with Crippen molar-refractivity contribution in [1.29, 1.82) is 0 Å². The molecule has 2 amide bonds. The van der Waals surface area contributed by atoms with Crippen molar-refractivity contribution in [3.05, 3.63) is 53.6 Å². The highest BCUT2D eigenvalue weighted by Crippen LogP contribution is 2.09. The first-order chi connectivity index (χ1) is 10.6. The molecule has 0 saturated carbocycles. The first kappa shape index (κ1) is 14.3. The van der Waals surface area contributed by atoms with Gasteiger partial charge in [-0.3, -0.25) is 9.59 Å². The summed E-state index contributed by atoms with van der Waals surface area (Å²) in [5.41, 5.74) is 1.85. The monoisotopic (exact) mass is 298 g/mol. The van der Waals surface area contributed by atoms with E-state index in [4.69, 9.17) is 0 Å². The highest BCUT2D eigenvalue weighted by Gasteiger charge is 2.33. The smallest absolute Gasteiger partial charge is 0.243 e. The molecule has 1 aliphatic rings. The van der Waals surface area contributed by atoms with Crippen LogP contribution in [0.1, 0.15) is 17.1 Å². The number of aromatic nitrogens is 2. The molecule has 2 atom stereocenters. The highest BCUT2D eigenvalue weighted by molar-refractivity contribution is 5.97. The van der Waals surface area contributed by atoms with E-state index >= 15 is 0 Å². The molecule has 2 aromatic rings. The summed E-state index contributed by atoms with van der Waals surface area (Å²) in [6.45, 7) is 1.85. The van der Waals surface area contributed by atoms with E-state index in [9.17, 15) is 9.59 Å². The van der Waals surface area contributed by atoms with Gasteiger partial charge < -0.3 is 15.6 Å². The summed E-state index contributed by atoms with van der Waals surface area (Å²) in [6, 6.07) is 8.57. The number of hydrogen-bond donors (Lipinski definition) is 3. The first-order valence-electron chi connectivity index (χ1n) is 7.27. The first-order valence-corrected chi connectivity index (χ1v) is 7.27. The van der Waals surface area contributed by atoms with Crippen LogP contribution < -0.4 is 10.6 Å². The van der Waals surface area contributed by atoms with Crippen molar-refractivity contribution in [3.63, 3.8) is 0 Å². The van der Waals surface area contributed by atoms with Crippen molar-refractivity contribution in [1.82, 2.24) is 20.6 Å². The van der Waals surface area contributed by atoms with E-state index in [2.05, 4.69) is 20.6 Å². The third-order valence-corrected chi connectivity index (χ3v) is 3.73. The number of nitrogens with one attached hydrogen (secondary N) is 3. The minimum Gasteiger partial charge on any atom is -0.346 e. The molecule has 0 radical (unpaired) electrons. The van der Waals surface area contributed by atoms with Crippen LogP contribution in [-0.2, 0) is 22.4 Å². The average molecular weight is 298 g/mol. The number of aromatic amines is 1. The zero-order chi connectivity index (χ0) is 15.5. The third kappa shape index (κ3) is 3.16. The maximum absolute atomic E-state index is 12.2. The number of nitrogens with zero attached hydrogens (tertiary/aromatic N) is 1. The molecular formula is C16H18N4O2. The van der Waals surface area contributed by atoms with Gasteiger partial charge in [-0.1, -0.05) is 30.3 Å². The maximum atomic E-state index is 12.2. The number of aryl methyl sites for hydroxylation is 1. The van der Waals surface area contributed by atoms with Crippen LogP contribution >= 0.6 is 0 Å². The molecule has 0 aliphatic carbocycles. The van der Waals surface area contributed by atoms with E-state index in [0.29, 0.717) is 12.8 Å². The summed E-state index contributed by atoms with van der Waals surface area (Å²) in [7, 11) is 0. The van der Waals surface area contributed by atoms with Crippen molar-refractivity contribution in [2.75, 3.05) is 0 Å². The number of rotatable bonds is 4. The SMILES string of the molecule is Cc1ncc(C[C@@H]2NC(=O)[C@H](Cc3ccccc3)NC2=O)[nH]1. The molecule has 6 nitrogen and oxygen atoms in total. The molecule has 2 heterocycles. The Balaban J connectivity index is 1.64. The molecule has 3 N–H and O–H groups in total. The van der Waals surface area contributed by atoms with E-state index < -0.39 is 12.1 Å². The minimum absolute atomic E-state index is 0.148. The topological polar surface area (TPSA) is 86.9 Å². The van der Waals surface area contributed by atoms with Gasteiger partial charge in [0.1, 0.15) is 17.9 Å². The predicted molar refractivity (Wildman–Crippen MR) is 81.0 cm³/mol. The number of hydrogen-bond acceptors (Lipinski definition) is 3. The summed E-state index contributed by atoms with van der Waals surface area (Å²) < 4.78 is 0. The molecule has 1 aliphatic heterocycles. The van der Waals surface area contributed by atoms with Gasteiger partial charge in [-0.05, 0) is 12.5 Å². The number of H-pyrrole nitrogens is 1. The van der Waals surface area contributed by atoms with Crippen molar-refractivity contribution in [2.45, 2.75) is 31.8 Å². The summed E-state index contributed by atoms with van der Waals surface area (Å²) in [5.74, 6) is 0.483. The van der Waals surface area contributed by atoms with Crippen LogP contribution in [-0.4, -0.2) is 33.9 Å². The highest BCUT2D eigenvalue weighted by atomic mass is 16.2. The maximum Gasteiger partial charge on any atom is 0.243 e. The van der Waals surface area contributed by atoms with Gasteiger partial charge in [0.05, 0.1) is 0 Å². The second-order valence-electron chi connectivity index (χ2n) is 5.51. The third-order valence-electron chi connectivity index (χ3n) is 3.73. The van der Waals surface area contributed by atoms with Crippen LogP contribution in [0.4, 0.5) is 0 Å². The predicted octanol–water partition coefficient (Wildman–Crippen LogP) is 0.487. The molecule has 3 rings (SSSR count). The van der Waals surface area contributed by atoms with Gasteiger partial charge in [-0.25, -0.2) is 4.98 Å². The van der Waals surface area contributed by atoms with Gasteiger partial charge in [-0.2, -0.15) is 0 Å². The Morgan fingerprint density at radius 2 is 1.64 bits per heavy atom.